The number of ether oxygens (including phenoxy) is 2. The molecule has 1 rings (SSSR count). The largest absolute Gasteiger partial charge is 0.480 e. The van der Waals surface area contributed by atoms with E-state index < -0.39 is 11.5 Å². The highest BCUT2D eigenvalue weighted by atomic mass is 16.5. The number of nitrogens with two attached hydrogens (primary N) is 1. The summed E-state index contributed by atoms with van der Waals surface area (Å²) in [6.07, 6.45) is 1.41. The zero-order valence-corrected chi connectivity index (χ0v) is 11.4. The van der Waals surface area contributed by atoms with E-state index in [2.05, 4.69) is 4.90 Å². The predicted molar refractivity (Wildman–Crippen MR) is 67.5 cm³/mol. The third-order valence-electron chi connectivity index (χ3n) is 3.56. The van der Waals surface area contributed by atoms with Gasteiger partial charge in [0.25, 0.3) is 0 Å². The number of aliphatic carboxylic acids is 1. The molecule has 0 bridgehead atoms. The van der Waals surface area contributed by atoms with Gasteiger partial charge in [-0.05, 0) is 26.3 Å². The van der Waals surface area contributed by atoms with Gasteiger partial charge in [0, 0.05) is 27.3 Å². The van der Waals surface area contributed by atoms with Crippen LogP contribution in [0.2, 0.25) is 0 Å². The number of carbonyl (C=O) groups is 1. The first-order chi connectivity index (χ1) is 8.40. The van der Waals surface area contributed by atoms with Crippen molar-refractivity contribution in [1.82, 2.24) is 4.90 Å². The molecule has 3 atom stereocenters. The average molecular weight is 260 g/mol. The van der Waals surface area contributed by atoms with Crippen molar-refractivity contribution in [3.05, 3.63) is 0 Å². The van der Waals surface area contributed by atoms with Gasteiger partial charge in [0.05, 0.1) is 12.2 Å². The molecular weight excluding hydrogens is 236 g/mol. The third-order valence-corrected chi connectivity index (χ3v) is 3.56. The smallest absolute Gasteiger partial charge is 0.323 e. The molecule has 18 heavy (non-hydrogen) atoms. The Labute approximate surface area is 108 Å². The van der Waals surface area contributed by atoms with Gasteiger partial charge in [-0.2, -0.15) is 0 Å². The Bertz CT molecular complexity index is 271. The maximum atomic E-state index is 10.9. The highest BCUT2D eigenvalue weighted by Crippen LogP contribution is 2.17. The standard InChI is InChI=1S/C12H24N2O4/c1-12(13,11(15)16)5-4-6-14-7-9(17-2)10(8-14)18-3/h9-10H,4-8,13H2,1-3H3,(H,15,16). The lowest BCUT2D eigenvalue weighted by atomic mass is 9.97. The number of carboxylic acids is 1. The molecule has 1 saturated heterocycles. The van der Waals surface area contributed by atoms with Crippen LogP contribution in [0.4, 0.5) is 0 Å². The molecule has 1 fully saturated rings. The second kappa shape index (κ2) is 6.47. The maximum Gasteiger partial charge on any atom is 0.323 e. The second-order valence-corrected chi connectivity index (χ2v) is 5.13. The fourth-order valence-electron chi connectivity index (χ4n) is 2.23. The van der Waals surface area contributed by atoms with Gasteiger partial charge < -0.3 is 20.3 Å². The van der Waals surface area contributed by atoms with Crippen molar-refractivity contribution < 1.29 is 19.4 Å². The quantitative estimate of drug-likeness (QED) is 0.665. The fraction of sp³-hybridized carbons (Fsp3) is 0.917. The molecule has 1 heterocycles. The lowest BCUT2D eigenvalue weighted by Gasteiger charge is -2.21. The number of nitrogens with zero attached hydrogens (tertiary/aromatic N) is 1. The molecule has 1 aliphatic rings. The first kappa shape index (κ1) is 15.4. The predicted octanol–water partition coefficient (Wildman–Crippen LogP) is -0.0858. The van der Waals surface area contributed by atoms with Crippen molar-refractivity contribution in [2.24, 2.45) is 5.73 Å². The van der Waals surface area contributed by atoms with E-state index >= 15 is 0 Å². The Kier molecular flexibility index (Phi) is 5.52. The van der Waals surface area contributed by atoms with Crippen molar-refractivity contribution in [3.8, 4) is 0 Å². The van der Waals surface area contributed by atoms with E-state index in [4.69, 9.17) is 20.3 Å². The Morgan fingerprint density at radius 3 is 2.28 bits per heavy atom. The molecule has 0 aromatic heterocycles. The number of methoxy groups -OCH3 is 2. The molecular formula is C12H24N2O4. The number of rotatable bonds is 7. The van der Waals surface area contributed by atoms with E-state index in [1.54, 1.807) is 21.1 Å². The van der Waals surface area contributed by atoms with Crippen LogP contribution < -0.4 is 5.73 Å². The Hall–Kier alpha value is -0.690. The van der Waals surface area contributed by atoms with Gasteiger partial charge in [-0.15, -0.1) is 0 Å². The van der Waals surface area contributed by atoms with Gasteiger partial charge in [0.1, 0.15) is 5.54 Å². The molecule has 0 spiro atoms. The van der Waals surface area contributed by atoms with Gasteiger partial charge in [-0.1, -0.05) is 0 Å². The Morgan fingerprint density at radius 1 is 1.39 bits per heavy atom. The van der Waals surface area contributed by atoms with Crippen LogP contribution in [0, 0.1) is 0 Å². The van der Waals surface area contributed by atoms with Crippen molar-refractivity contribution in [2.45, 2.75) is 37.5 Å². The van der Waals surface area contributed by atoms with E-state index in [1.807, 2.05) is 0 Å². The van der Waals surface area contributed by atoms with Gasteiger partial charge in [0.2, 0.25) is 0 Å². The molecule has 1 aliphatic heterocycles. The van der Waals surface area contributed by atoms with Gasteiger partial charge in [0.15, 0.2) is 0 Å². The first-order valence-corrected chi connectivity index (χ1v) is 6.21. The highest BCUT2D eigenvalue weighted by molar-refractivity contribution is 5.77. The number of likely N-dealkylation sites (tertiary alicyclic amines) is 1. The van der Waals surface area contributed by atoms with E-state index in [0.717, 1.165) is 26.1 Å². The monoisotopic (exact) mass is 260 g/mol. The summed E-state index contributed by atoms with van der Waals surface area (Å²) in [6, 6.07) is 0. The van der Waals surface area contributed by atoms with E-state index in [1.165, 1.54) is 0 Å². The van der Waals surface area contributed by atoms with E-state index in [-0.39, 0.29) is 12.2 Å². The summed E-state index contributed by atoms with van der Waals surface area (Å²) < 4.78 is 10.7. The van der Waals surface area contributed by atoms with Crippen molar-refractivity contribution in [2.75, 3.05) is 33.9 Å². The van der Waals surface area contributed by atoms with Crippen LogP contribution in [-0.4, -0.2) is 67.6 Å². The van der Waals surface area contributed by atoms with E-state index in [0.29, 0.717) is 6.42 Å². The van der Waals surface area contributed by atoms with E-state index in [9.17, 15) is 4.79 Å². The van der Waals surface area contributed by atoms with Gasteiger partial charge >= 0.3 is 5.97 Å². The van der Waals surface area contributed by atoms with Crippen molar-refractivity contribution >= 4 is 5.97 Å². The van der Waals surface area contributed by atoms with Crippen LogP contribution in [0.1, 0.15) is 19.8 Å². The first-order valence-electron chi connectivity index (χ1n) is 6.21. The summed E-state index contributed by atoms with van der Waals surface area (Å²) in [5.41, 5.74) is 4.55. The van der Waals surface area contributed by atoms with Crippen LogP contribution in [0.3, 0.4) is 0 Å². The summed E-state index contributed by atoms with van der Waals surface area (Å²) in [5, 5.41) is 8.91. The molecule has 6 heteroatoms. The van der Waals surface area contributed by atoms with Gasteiger partial charge in [-0.25, -0.2) is 0 Å². The van der Waals surface area contributed by atoms with Gasteiger partial charge in [-0.3, -0.25) is 9.69 Å². The average Bonchev–Trinajstić information content (AvgIpc) is 2.71. The zero-order chi connectivity index (χ0) is 13.8. The molecule has 106 valence electrons. The second-order valence-electron chi connectivity index (χ2n) is 5.13. The molecule has 6 nitrogen and oxygen atoms in total. The van der Waals surface area contributed by atoms with Crippen LogP contribution in [0.25, 0.3) is 0 Å². The SMILES string of the molecule is COC1CN(CCCC(C)(N)C(=O)O)CC1OC. The van der Waals surface area contributed by atoms with Crippen LogP contribution >= 0.6 is 0 Å². The molecule has 0 amide bonds. The molecule has 0 aliphatic carbocycles. The zero-order valence-electron chi connectivity index (χ0n) is 11.4. The maximum absolute atomic E-state index is 10.9. The normalized spacial score (nSPS) is 28.2. The van der Waals surface area contributed by atoms with Crippen LogP contribution in [0.15, 0.2) is 0 Å². The number of carboxylic acid groups (broad SMARTS) is 1. The Balaban J connectivity index is 2.31. The summed E-state index contributed by atoms with van der Waals surface area (Å²) in [5.74, 6) is -0.951. The minimum atomic E-state index is -1.14. The fourth-order valence-corrected chi connectivity index (χ4v) is 2.23. The van der Waals surface area contributed by atoms with Crippen molar-refractivity contribution in [1.29, 1.82) is 0 Å². The van der Waals surface area contributed by atoms with Crippen LogP contribution in [0.5, 0.6) is 0 Å². The minimum Gasteiger partial charge on any atom is -0.480 e. The summed E-state index contributed by atoms with van der Waals surface area (Å²) in [6.45, 7) is 4.02. The number of hydrogen-bond acceptors (Lipinski definition) is 5. The summed E-state index contributed by atoms with van der Waals surface area (Å²) in [7, 11) is 3.36. The minimum absolute atomic E-state index is 0.0960. The third kappa shape index (κ3) is 3.91. The van der Waals surface area contributed by atoms with Crippen LogP contribution in [-0.2, 0) is 14.3 Å². The lowest BCUT2D eigenvalue weighted by Crippen LogP contribution is -2.45. The molecule has 0 aromatic carbocycles. The molecule has 3 N–H and O–H groups in total. The lowest BCUT2D eigenvalue weighted by molar-refractivity contribution is -0.142. The molecule has 0 aromatic rings. The Morgan fingerprint density at radius 2 is 1.89 bits per heavy atom. The molecule has 0 radical (unpaired) electrons. The molecule has 0 saturated carbocycles. The summed E-state index contributed by atoms with van der Waals surface area (Å²) in [4.78, 5) is 13.1. The number of hydrogen-bond donors (Lipinski definition) is 2. The summed E-state index contributed by atoms with van der Waals surface area (Å²) >= 11 is 0. The van der Waals surface area contributed by atoms with Crippen molar-refractivity contribution in [3.63, 3.8) is 0 Å². The topological polar surface area (TPSA) is 85.0 Å². The molecule has 3 unspecified atom stereocenters. The highest BCUT2D eigenvalue weighted by Gasteiger charge is 2.33.